The lowest BCUT2D eigenvalue weighted by molar-refractivity contribution is 0.308. The Morgan fingerprint density at radius 2 is 1.59 bits per heavy atom. The third kappa shape index (κ3) is 8.94. The van der Waals surface area contributed by atoms with Gasteiger partial charge in [0.2, 0.25) is 0 Å². The van der Waals surface area contributed by atoms with Crippen LogP contribution in [0.2, 0.25) is 0 Å². The summed E-state index contributed by atoms with van der Waals surface area (Å²) in [6, 6.07) is 1.65. The predicted molar refractivity (Wildman–Crippen MR) is 132 cm³/mol. The molecule has 0 heterocycles. The molecule has 0 aliphatic rings. The first kappa shape index (κ1) is 26.4. The minimum Gasteiger partial charge on any atom is -0.508 e. The van der Waals surface area contributed by atoms with Gasteiger partial charge in [-0.25, -0.2) is 0 Å². The number of alkyl halides is 1. The maximum absolute atomic E-state index is 10.4. The number of hydrogen-bond donors (Lipinski definition) is 3. The zero-order valence-electron chi connectivity index (χ0n) is 19.2. The minimum atomic E-state index is -0.124. The highest BCUT2D eigenvalue weighted by Crippen LogP contribution is 2.40. The van der Waals surface area contributed by atoms with E-state index in [1.165, 1.54) is 32.1 Å². The van der Waals surface area contributed by atoms with Crippen molar-refractivity contribution in [3.63, 3.8) is 0 Å². The van der Waals surface area contributed by atoms with Crippen molar-refractivity contribution in [3.05, 3.63) is 17.2 Å². The first-order chi connectivity index (χ1) is 13.6. The van der Waals surface area contributed by atoms with Crippen molar-refractivity contribution in [1.29, 1.82) is 0 Å². The molecule has 2 atom stereocenters. The van der Waals surface area contributed by atoms with Crippen molar-refractivity contribution in [2.24, 2.45) is 11.3 Å². The van der Waals surface area contributed by atoms with E-state index in [9.17, 15) is 15.3 Å². The van der Waals surface area contributed by atoms with E-state index in [0.717, 1.165) is 31.6 Å². The molecule has 0 saturated carbocycles. The van der Waals surface area contributed by atoms with Crippen LogP contribution in [0.4, 0.5) is 0 Å². The smallest absolute Gasteiger partial charge is 0.164 e. The van der Waals surface area contributed by atoms with Gasteiger partial charge < -0.3 is 15.3 Å². The average molecular weight is 519 g/mol. The van der Waals surface area contributed by atoms with Gasteiger partial charge in [-0.05, 0) is 55.9 Å². The van der Waals surface area contributed by atoms with Crippen molar-refractivity contribution in [2.75, 3.05) is 0 Å². The highest BCUT2D eigenvalue weighted by atomic mass is 127. The number of rotatable bonds is 14. The normalized spacial score (nSPS) is 14.1. The molecule has 3 N–H and O–H groups in total. The highest BCUT2D eigenvalue weighted by molar-refractivity contribution is 14.1. The summed E-state index contributed by atoms with van der Waals surface area (Å²) in [5, 5.41) is 31.3. The zero-order valence-corrected chi connectivity index (χ0v) is 21.4. The summed E-state index contributed by atoms with van der Waals surface area (Å²) in [4.78, 5) is 0. The second kappa shape index (κ2) is 12.9. The van der Waals surface area contributed by atoms with Crippen molar-refractivity contribution < 1.29 is 15.3 Å². The monoisotopic (exact) mass is 518 g/mol. The summed E-state index contributed by atoms with van der Waals surface area (Å²) < 4.78 is 0.663. The molecule has 2 unspecified atom stereocenters. The Labute approximate surface area is 192 Å². The number of hydrogen-bond acceptors (Lipinski definition) is 3. The van der Waals surface area contributed by atoms with Crippen LogP contribution in [0.1, 0.15) is 104 Å². The van der Waals surface area contributed by atoms with E-state index in [1.807, 2.05) is 0 Å². The first-order valence-corrected chi connectivity index (χ1v) is 12.8. The molecule has 3 nitrogen and oxygen atoms in total. The summed E-state index contributed by atoms with van der Waals surface area (Å²) in [5.41, 5.74) is 1.54. The molecule has 4 heteroatoms. The Kier molecular flexibility index (Phi) is 11.7. The van der Waals surface area contributed by atoms with Gasteiger partial charge in [0.1, 0.15) is 5.75 Å². The maximum atomic E-state index is 10.4. The largest absolute Gasteiger partial charge is 0.508 e. The number of benzene rings is 1. The number of aryl methyl sites for hydroxylation is 1. The number of aromatic hydroxyl groups is 3. The van der Waals surface area contributed by atoms with Gasteiger partial charge in [-0.3, -0.25) is 0 Å². The van der Waals surface area contributed by atoms with E-state index in [2.05, 4.69) is 57.2 Å². The second-order valence-electron chi connectivity index (χ2n) is 9.40. The first-order valence-electron chi connectivity index (χ1n) is 11.5. The van der Waals surface area contributed by atoms with Crippen molar-refractivity contribution in [3.8, 4) is 17.2 Å². The molecule has 0 spiro atoms. The van der Waals surface area contributed by atoms with Gasteiger partial charge >= 0.3 is 0 Å². The Balaban J connectivity index is 2.55. The minimum absolute atomic E-state index is 0.0426. The predicted octanol–water partition coefficient (Wildman–Crippen LogP) is 7.91. The lowest BCUT2D eigenvalue weighted by atomic mass is 9.84. The second-order valence-corrected chi connectivity index (χ2v) is 11.4. The van der Waals surface area contributed by atoms with Gasteiger partial charge in [0.05, 0.1) is 0 Å². The lowest BCUT2D eigenvalue weighted by Crippen LogP contribution is -2.09. The van der Waals surface area contributed by atoms with Gasteiger partial charge in [0, 0.05) is 15.1 Å². The van der Waals surface area contributed by atoms with Gasteiger partial charge in [0.15, 0.2) is 11.5 Å². The number of halogens is 1. The Hall–Kier alpha value is -0.650. The Bertz CT molecular complexity index is 611. The Morgan fingerprint density at radius 1 is 0.931 bits per heavy atom. The SMILES string of the molecule is CCC(CCCCc1c(O)cc(CCCCCC(C)(C)CC)c(O)c1O)C(C)I. The number of phenolic OH excluding ortho intramolecular Hbond substituents is 3. The van der Waals surface area contributed by atoms with Crippen LogP contribution < -0.4 is 0 Å². The Morgan fingerprint density at radius 3 is 2.17 bits per heavy atom. The van der Waals surface area contributed by atoms with Crippen molar-refractivity contribution in [2.45, 2.75) is 109 Å². The van der Waals surface area contributed by atoms with Crippen LogP contribution in [-0.2, 0) is 12.8 Å². The molecular formula is C25H43IO3. The van der Waals surface area contributed by atoms with Gasteiger partial charge in [-0.1, -0.05) is 89.3 Å². The van der Waals surface area contributed by atoms with E-state index < -0.39 is 0 Å². The quantitative estimate of drug-likeness (QED) is 0.0771. The van der Waals surface area contributed by atoms with Crippen molar-refractivity contribution in [1.82, 2.24) is 0 Å². The fourth-order valence-corrected chi connectivity index (χ4v) is 4.78. The molecule has 0 aliphatic heterocycles. The third-order valence-electron chi connectivity index (χ3n) is 6.62. The third-order valence-corrected chi connectivity index (χ3v) is 7.63. The summed E-state index contributed by atoms with van der Waals surface area (Å²) in [6.07, 6.45) is 11.2. The zero-order chi connectivity index (χ0) is 22.0. The average Bonchev–Trinajstić information content (AvgIpc) is 2.67. The fourth-order valence-electron chi connectivity index (χ4n) is 3.91. The fraction of sp³-hybridized carbons (Fsp3) is 0.760. The van der Waals surface area contributed by atoms with E-state index in [-0.39, 0.29) is 17.2 Å². The van der Waals surface area contributed by atoms with Crippen LogP contribution in [-0.4, -0.2) is 19.2 Å². The van der Waals surface area contributed by atoms with Crippen LogP contribution in [0.15, 0.2) is 6.07 Å². The highest BCUT2D eigenvalue weighted by Gasteiger charge is 2.18. The van der Waals surface area contributed by atoms with E-state index >= 15 is 0 Å². The molecule has 1 aromatic carbocycles. The summed E-state index contributed by atoms with van der Waals surface area (Å²) >= 11 is 2.49. The molecule has 1 aromatic rings. The molecule has 0 aliphatic carbocycles. The van der Waals surface area contributed by atoms with Crippen LogP contribution in [0.3, 0.4) is 0 Å². The number of unbranched alkanes of at least 4 members (excludes halogenated alkanes) is 3. The van der Waals surface area contributed by atoms with Crippen LogP contribution in [0, 0.1) is 11.3 Å². The molecule has 29 heavy (non-hydrogen) atoms. The summed E-state index contributed by atoms with van der Waals surface area (Å²) in [5.74, 6) is 0.675. The van der Waals surface area contributed by atoms with Gasteiger partial charge in [0.25, 0.3) is 0 Å². The summed E-state index contributed by atoms with van der Waals surface area (Å²) in [7, 11) is 0. The van der Waals surface area contributed by atoms with E-state index in [4.69, 9.17) is 0 Å². The standard InChI is InChI=1S/C25H43IO3/c1-6-19(18(3)26)13-10-11-15-21-22(27)17-20(23(28)24(21)29)14-9-8-12-16-25(4,5)7-2/h17-19,27-29H,6-16H2,1-5H3. The number of phenols is 3. The van der Waals surface area contributed by atoms with E-state index in [1.54, 1.807) is 6.07 Å². The van der Waals surface area contributed by atoms with Crippen LogP contribution in [0.25, 0.3) is 0 Å². The molecular weight excluding hydrogens is 475 g/mol. The molecule has 0 aromatic heterocycles. The molecule has 0 bridgehead atoms. The molecule has 168 valence electrons. The molecule has 0 radical (unpaired) electrons. The van der Waals surface area contributed by atoms with Crippen LogP contribution in [0.5, 0.6) is 17.2 Å². The van der Waals surface area contributed by atoms with Crippen molar-refractivity contribution >= 4 is 22.6 Å². The van der Waals surface area contributed by atoms with Crippen LogP contribution >= 0.6 is 22.6 Å². The molecule has 0 saturated heterocycles. The van der Waals surface area contributed by atoms with E-state index in [0.29, 0.717) is 33.3 Å². The molecule has 0 fully saturated rings. The lowest BCUT2D eigenvalue weighted by Gasteiger charge is -2.22. The summed E-state index contributed by atoms with van der Waals surface area (Å²) in [6.45, 7) is 11.3. The maximum Gasteiger partial charge on any atom is 0.164 e. The molecule has 1 rings (SSSR count). The van der Waals surface area contributed by atoms with Gasteiger partial charge in [-0.2, -0.15) is 0 Å². The molecule has 0 amide bonds. The topological polar surface area (TPSA) is 60.7 Å². The van der Waals surface area contributed by atoms with Gasteiger partial charge in [-0.15, -0.1) is 0 Å².